The number of pyridine rings is 1. The SMILES string of the molecule is CN(C)CCn1ncc(Br)c1-c1cccnc1N. The fourth-order valence-corrected chi connectivity index (χ4v) is 2.22. The highest BCUT2D eigenvalue weighted by Crippen LogP contribution is 2.30. The van der Waals surface area contributed by atoms with E-state index in [1.165, 1.54) is 0 Å². The third kappa shape index (κ3) is 2.70. The van der Waals surface area contributed by atoms with Gasteiger partial charge >= 0.3 is 0 Å². The summed E-state index contributed by atoms with van der Waals surface area (Å²) in [5, 5.41) is 4.36. The molecule has 2 aromatic rings. The smallest absolute Gasteiger partial charge is 0.132 e. The highest BCUT2D eigenvalue weighted by Gasteiger charge is 2.14. The van der Waals surface area contributed by atoms with E-state index >= 15 is 0 Å². The molecule has 0 amide bonds. The van der Waals surface area contributed by atoms with E-state index in [2.05, 4.69) is 30.9 Å². The van der Waals surface area contributed by atoms with E-state index in [1.54, 1.807) is 12.4 Å². The van der Waals surface area contributed by atoms with Crippen LogP contribution in [0.15, 0.2) is 29.0 Å². The maximum atomic E-state index is 5.92. The Morgan fingerprint density at radius 3 is 2.89 bits per heavy atom. The molecule has 0 saturated heterocycles. The predicted molar refractivity (Wildman–Crippen MR) is 76.1 cm³/mol. The van der Waals surface area contributed by atoms with Gasteiger partial charge in [-0.05, 0) is 42.2 Å². The van der Waals surface area contributed by atoms with Crippen molar-refractivity contribution < 1.29 is 0 Å². The molecule has 0 fully saturated rings. The normalized spacial score (nSPS) is 11.1. The topological polar surface area (TPSA) is 60.0 Å². The number of hydrogen-bond donors (Lipinski definition) is 1. The molecule has 0 aliphatic heterocycles. The van der Waals surface area contributed by atoms with Crippen molar-refractivity contribution in [2.24, 2.45) is 0 Å². The first kappa shape index (κ1) is 13.0. The molecule has 0 atom stereocenters. The lowest BCUT2D eigenvalue weighted by molar-refractivity contribution is 0.374. The van der Waals surface area contributed by atoms with Crippen molar-refractivity contribution in [3.05, 3.63) is 29.0 Å². The van der Waals surface area contributed by atoms with E-state index in [9.17, 15) is 0 Å². The maximum Gasteiger partial charge on any atom is 0.132 e. The van der Waals surface area contributed by atoms with Crippen LogP contribution in [0, 0.1) is 0 Å². The van der Waals surface area contributed by atoms with Crippen molar-refractivity contribution >= 4 is 21.7 Å². The number of hydrogen-bond acceptors (Lipinski definition) is 4. The molecule has 0 aromatic carbocycles. The van der Waals surface area contributed by atoms with E-state index in [0.717, 1.165) is 28.8 Å². The third-order valence-corrected chi connectivity index (χ3v) is 3.23. The minimum absolute atomic E-state index is 0.518. The number of halogens is 1. The van der Waals surface area contributed by atoms with E-state index in [1.807, 2.05) is 30.9 Å². The lowest BCUT2D eigenvalue weighted by Crippen LogP contribution is -2.19. The van der Waals surface area contributed by atoms with Crippen LogP contribution in [0.3, 0.4) is 0 Å². The zero-order valence-corrected chi connectivity index (χ0v) is 12.1. The average Bonchev–Trinajstić information content (AvgIpc) is 2.69. The molecule has 0 spiro atoms. The van der Waals surface area contributed by atoms with Gasteiger partial charge in [0.15, 0.2) is 0 Å². The molecule has 18 heavy (non-hydrogen) atoms. The van der Waals surface area contributed by atoms with Crippen LogP contribution in [0.1, 0.15) is 0 Å². The predicted octanol–water partition coefficient (Wildman–Crippen LogP) is 1.85. The number of rotatable bonds is 4. The highest BCUT2D eigenvalue weighted by molar-refractivity contribution is 9.10. The van der Waals surface area contributed by atoms with Gasteiger partial charge in [0.2, 0.25) is 0 Å². The molecule has 2 aromatic heterocycles. The van der Waals surface area contributed by atoms with Crippen LogP contribution in [-0.4, -0.2) is 40.3 Å². The molecule has 5 nitrogen and oxygen atoms in total. The second-order valence-corrected chi connectivity index (χ2v) is 5.16. The Balaban J connectivity index is 2.38. The summed E-state index contributed by atoms with van der Waals surface area (Å²) in [6.45, 7) is 1.73. The first-order chi connectivity index (χ1) is 8.59. The number of nitrogens with two attached hydrogens (primary N) is 1. The molecule has 2 N–H and O–H groups in total. The largest absolute Gasteiger partial charge is 0.383 e. The van der Waals surface area contributed by atoms with E-state index in [4.69, 9.17) is 5.73 Å². The summed E-state index contributed by atoms with van der Waals surface area (Å²) in [5.74, 6) is 0.518. The molecule has 0 aliphatic rings. The van der Waals surface area contributed by atoms with Crippen LogP contribution in [0.25, 0.3) is 11.3 Å². The van der Waals surface area contributed by atoms with Gasteiger partial charge in [-0.1, -0.05) is 0 Å². The Bertz CT molecular complexity index is 535. The van der Waals surface area contributed by atoms with Gasteiger partial charge in [0.1, 0.15) is 5.82 Å². The van der Waals surface area contributed by atoms with Crippen LogP contribution in [0.2, 0.25) is 0 Å². The molecule has 0 unspecified atom stereocenters. The summed E-state index contributed by atoms with van der Waals surface area (Å²) in [4.78, 5) is 6.23. The number of nitrogen functional groups attached to an aromatic ring is 1. The van der Waals surface area contributed by atoms with Gasteiger partial charge in [0.25, 0.3) is 0 Å². The molecular formula is C12H16BrN5. The fraction of sp³-hybridized carbons (Fsp3) is 0.333. The molecule has 2 heterocycles. The van der Waals surface area contributed by atoms with Crippen LogP contribution in [0.4, 0.5) is 5.82 Å². The van der Waals surface area contributed by atoms with Crippen molar-refractivity contribution in [1.29, 1.82) is 0 Å². The van der Waals surface area contributed by atoms with Crippen molar-refractivity contribution in [2.45, 2.75) is 6.54 Å². The van der Waals surface area contributed by atoms with Gasteiger partial charge in [-0.3, -0.25) is 4.68 Å². The van der Waals surface area contributed by atoms with Crippen molar-refractivity contribution in [2.75, 3.05) is 26.4 Å². The van der Waals surface area contributed by atoms with Gasteiger partial charge in [-0.15, -0.1) is 0 Å². The molecular weight excluding hydrogens is 294 g/mol. The monoisotopic (exact) mass is 309 g/mol. The minimum Gasteiger partial charge on any atom is -0.383 e. The minimum atomic E-state index is 0.518. The van der Waals surface area contributed by atoms with Crippen LogP contribution < -0.4 is 5.73 Å². The summed E-state index contributed by atoms with van der Waals surface area (Å²) in [6.07, 6.45) is 3.48. The zero-order chi connectivity index (χ0) is 13.1. The molecule has 6 heteroatoms. The fourth-order valence-electron chi connectivity index (χ4n) is 1.71. The highest BCUT2D eigenvalue weighted by atomic mass is 79.9. The standard InChI is InChI=1S/C12H16BrN5/c1-17(2)6-7-18-11(10(13)8-16-18)9-4-3-5-15-12(9)14/h3-5,8H,6-7H2,1-2H3,(H2,14,15). The first-order valence-electron chi connectivity index (χ1n) is 5.66. The summed E-state index contributed by atoms with van der Waals surface area (Å²) in [7, 11) is 4.08. The molecule has 0 bridgehead atoms. The van der Waals surface area contributed by atoms with Gasteiger partial charge in [-0.25, -0.2) is 4.98 Å². The first-order valence-corrected chi connectivity index (χ1v) is 6.46. The summed E-state index contributed by atoms with van der Waals surface area (Å²) < 4.78 is 2.87. The van der Waals surface area contributed by atoms with Crippen LogP contribution >= 0.6 is 15.9 Å². The lowest BCUT2D eigenvalue weighted by atomic mass is 10.2. The maximum absolute atomic E-state index is 5.92. The van der Waals surface area contributed by atoms with Crippen molar-refractivity contribution in [3.8, 4) is 11.3 Å². The molecule has 0 saturated carbocycles. The zero-order valence-electron chi connectivity index (χ0n) is 10.5. The average molecular weight is 310 g/mol. The molecule has 96 valence electrons. The molecule has 0 radical (unpaired) electrons. The van der Waals surface area contributed by atoms with Gasteiger partial charge in [0.05, 0.1) is 22.9 Å². The van der Waals surface area contributed by atoms with Crippen molar-refractivity contribution in [1.82, 2.24) is 19.7 Å². The quantitative estimate of drug-likeness (QED) is 0.936. The van der Waals surface area contributed by atoms with Gasteiger partial charge in [0, 0.05) is 18.3 Å². The Kier molecular flexibility index (Phi) is 3.98. The number of nitrogens with zero attached hydrogens (tertiary/aromatic N) is 4. The second kappa shape index (κ2) is 5.49. The Hall–Kier alpha value is -1.40. The number of anilines is 1. The Labute approximate surface area is 115 Å². The summed E-state index contributed by atoms with van der Waals surface area (Å²) in [5.41, 5.74) is 7.80. The number of aromatic nitrogens is 3. The van der Waals surface area contributed by atoms with Crippen molar-refractivity contribution in [3.63, 3.8) is 0 Å². The Morgan fingerprint density at radius 2 is 2.22 bits per heavy atom. The molecule has 0 aliphatic carbocycles. The van der Waals surface area contributed by atoms with Gasteiger partial charge < -0.3 is 10.6 Å². The van der Waals surface area contributed by atoms with E-state index in [0.29, 0.717) is 5.82 Å². The lowest BCUT2D eigenvalue weighted by Gasteiger charge is -2.13. The number of likely N-dealkylation sites (N-methyl/N-ethyl adjacent to an activating group) is 1. The third-order valence-electron chi connectivity index (χ3n) is 2.65. The van der Waals surface area contributed by atoms with Crippen LogP contribution in [0.5, 0.6) is 0 Å². The molecule has 2 rings (SSSR count). The van der Waals surface area contributed by atoms with Crippen LogP contribution in [-0.2, 0) is 6.54 Å². The van der Waals surface area contributed by atoms with E-state index in [-0.39, 0.29) is 0 Å². The summed E-state index contributed by atoms with van der Waals surface area (Å²) in [6, 6.07) is 3.83. The van der Waals surface area contributed by atoms with Gasteiger partial charge in [-0.2, -0.15) is 5.10 Å². The Morgan fingerprint density at radius 1 is 1.44 bits per heavy atom. The summed E-state index contributed by atoms with van der Waals surface area (Å²) >= 11 is 3.51. The second-order valence-electron chi connectivity index (χ2n) is 4.30. The van der Waals surface area contributed by atoms with E-state index < -0.39 is 0 Å².